The van der Waals surface area contributed by atoms with E-state index in [-0.39, 0.29) is 5.69 Å². The fourth-order valence-electron chi connectivity index (χ4n) is 3.43. The van der Waals surface area contributed by atoms with E-state index in [9.17, 15) is 19.8 Å². The Morgan fingerprint density at radius 3 is 2.57 bits per heavy atom. The molecule has 0 radical (unpaired) electrons. The molecule has 6 heteroatoms. The summed E-state index contributed by atoms with van der Waals surface area (Å²) in [6.07, 6.45) is 3.69. The summed E-state index contributed by atoms with van der Waals surface area (Å²) < 4.78 is 15.6. The fraction of sp³-hybridized carbons (Fsp3) is 0.0417. The average molecular weight is 397 g/mol. The van der Waals surface area contributed by atoms with E-state index in [0.717, 1.165) is 22.0 Å². The van der Waals surface area contributed by atoms with Crippen LogP contribution in [0, 0.1) is 27.3 Å². The van der Waals surface area contributed by atoms with Gasteiger partial charge < -0.3 is 4.57 Å². The molecular weight excluding hydrogens is 381 g/mol. The molecule has 0 unspecified atom stereocenters. The molecule has 0 atom stereocenters. The van der Waals surface area contributed by atoms with E-state index in [1.54, 1.807) is 30.3 Å². The van der Waals surface area contributed by atoms with Gasteiger partial charge in [0.2, 0.25) is 0 Å². The van der Waals surface area contributed by atoms with Crippen LogP contribution in [-0.4, -0.2) is 9.49 Å². The summed E-state index contributed by atoms with van der Waals surface area (Å²) in [6.45, 7) is 0.522. The standard InChI is InChI=1S/C24H16FN3O2/c25-21-5-3-4-18(13-21)19(14-26)12-20-16-27(24-7-2-1-6-23(20)24)15-17-8-10-22(11-9-17)28(29)30/h1-13,16H,15H2. The third kappa shape index (κ3) is 3.82. The molecule has 0 fully saturated rings. The number of halogens is 1. The normalized spacial score (nSPS) is 11.4. The Morgan fingerprint density at radius 1 is 1.10 bits per heavy atom. The van der Waals surface area contributed by atoms with Gasteiger partial charge in [0.15, 0.2) is 0 Å². The van der Waals surface area contributed by atoms with Gasteiger partial charge in [-0.3, -0.25) is 10.1 Å². The zero-order chi connectivity index (χ0) is 21.1. The largest absolute Gasteiger partial charge is 0.342 e. The summed E-state index contributed by atoms with van der Waals surface area (Å²) in [5, 5.41) is 21.4. The molecule has 4 aromatic rings. The number of nitriles is 1. The molecule has 3 aromatic carbocycles. The van der Waals surface area contributed by atoms with Gasteiger partial charge in [0.25, 0.3) is 5.69 Å². The van der Waals surface area contributed by atoms with Crippen LogP contribution in [0.25, 0.3) is 22.6 Å². The molecule has 0 N–H and O–H groups in total. The van der Waals surface area contributed by atoms with Crippen molar-refractivity contribution in [1.82, 2.24) is 4.57 Å². The number of nitrogens with zero attached hydrogens (tertiary/aromatic N) is 3. The lowest BCUT2D eigenvalue weighted by molar-refractivity contribution is -0.384. The predicted octanol–water partition coefficient (Wildman–Crippen LogP) is 5.80. The Balaban J connectivity index is 1.75. The van der Waals surface area contributed by atoms with Crippen molar-refractivity contribution in [2.45, 2.75) is 6.54 Å². The minimum Gasteiger partial charge on any atom is -0.342 e. The van der Waals surface area contributed by atoms with Crippen molar-refractivity contribution in [1.29, 1.82) is 5.26 Å². The van der Waals surface area contributed by atoms with Crippen molar-refractivity contribution in [3.8, 4) is 6.07 Å². The summed E-state index contributed by atoms with van der Waals surface area (Å²) in [6, 6.07) is 22.3. The first kappa shape index (κ1) is 19.1. The zero-order valence-corrected chi connectivity index (χ0v) is 15.8. The van der Waals surface area contributed by atoms with Crippen LogP contribution < -0.4 is 0 Å². The topological polar surface area (TPSA) is 71.9 Å². The van der Waals surface area contributed by atoms with Crippen molar-refractivity contribution in [2.75, 3.05) is 0 Å². The number of rotatable bonds is 5. The average Bonchev–Trinajstić information content (AvgIpc) is 3.09. The summed E-state index contributed by atoms with van der Waals surface area (Å²) in [5.41, 5.74) is 3.67. The van der Waals surface area contributed by atoms with Crippen LogP contribution in [0.2, 0.25) is 0 Å². The minimum atomic E-state index is -0.423. The number of fused-ring (bicyclic) bond motifs is 1. The van der Waals surface area contributed by atoms with Crippen molar-refractivity contribution < 1.29 is 9.31 Å². The number of hydrogen-bond donors (Lipinski definition) is 0. The van der Waals surface area contributed by atoms with Crippen LogP contribution in [-0.2, 0) is 6.54 Å². The Bertz CT molecular complexity index is 1310. The maximum absolute atomic E-state index is 13.6. The van der Waals surface area contributed by atoms with Crippen LogP contribution in [0.1, 0.15) is 16.7 Å². The van der Waals surface area contributed by atoms with Gasteiger partial charge in [-0.25, -0.2) is 4.39 Å². The van der Waals surface area contributed by atoms with E-state index < -0.39 is 10.7 Å². The maximum atomic E-state index is 13.6. The van der Waals surface area contributed by atoms with E-state index in [1.165, 1.54) is 24.3 Å². The first-order valence-corrected chi connectivity index (χ1v) is 9.24. The van der Waals surface area contributed by atoms with Crippen molar-refractivity contribution in [3.05, 3.63) is 112 Å². The van der Waals surface area contributed by atoms with Gasteiger partial charge in [0, 0.05) is 41.3 Å². The summed E-state index contributed by atoms with van der Waals surface area (Å²) in [4.78, 5) is 10.4. The highest BCUT2D eigenvalue weighted by Gasteiger charge is 2.11. The third-order valence-electron chi connectivity index (χ3n) is 4.88. The predicted molar refractivity (Wildman–Crippen MR) is 114 cm³/mol. The lowest BCUT2D eigenvalue weighted by Crippen LogP contribution is -1.98. The molecule has 30 heavy (non-hydrogen) atoms. The Labute approximate surface area is 172 Å². The first-order valence-electron chi connectivity index (χ1n) is 9.24. The second-order valence-electron chi connectivity index (χ2n) is 6.83. The highest BCUT2D eigenvalue weighted by Crippen LogP contribution is 2.27. The zero-order valence-electron chi connectivity index (χ0n) is 15.8. The monoisotopic (exact) mass is 397 g/mol. The van der Waals surface area contributed by atoms with Crippen LogP contribution in [0.3, 0.4) is 0 Å². The lowest BCUT2D eigenvalue weighted by atomic mass is 10.0. The molecule has 1 aromatic heterocycles. The maximum Gasteiger partial charge on any atom is 0.269 e. The smallest absolute Gasteiger partial charge is 0.269 e. The highest BCUT2D eigenvalue weighted by atomic mass is 19.1. The molecule has 0 aliphatic heterocycles. The van der Waals surface area contributed by atoms with Gasteiger partial charge in [-0.05, 0) is 35.4 Å². The molecule has 0 amide bonds. The van der Waals surface area contributed by atoms with E-state index in [1.807, 2.05) is 35.0 Å². The van der Waals surface area contributed by atoms with Gasteiger partial charge in [-0.1, -0.05) is 42.5 Å². The number of allylic oxidation sites excluding steroid dienone is 1. The molecule has 0 saturated carbocycles. The van der Waals surface area contributed by atoms with Gasteiger partial charge in [-0.15, -0.1) is 0 Å². The molecular formula is C24H16FN3O2. The summed E-state index contributed by atoms with van der Waals surface area (Å²) in [7, 11) is 0. The second-order valence-corrected chi connectivity index (χ2v) is 6.83. The Morgan fingerprint density at radius 2 is 1.87 bits per heavy atom. The van der Waals surface area contributed by atoms with E-state index in [0.29, 0.717) is 17.7 Å². The molecule has 146 valence electrons. The SMILES string of the molecule is N#CC(=Cc1cn(Cc2ccc([N+](=O)[O-])cc2)c2ccccc12)c1cccc(F)c1. The fourth-order valence-corrected chi connectivity index (χ4v) is 3.43. The number of hydrogen-bond acceptors (Lipinski definition) is 3. The summed E-state index contributed by atoms with van der Waals surface area (Å²) in [5.74, 6) is -0.394. The number of aromatic nitrogens is 1. The van der Waals surface area contributed by atoms with Crippen LogP contribution in [0.4, 0.5) is 10.1 Å². The number of para-hydroxylation sites is 1. The number of non-ortho nitro benzene ring substituents is 1. The molecule has 0 bridgehead atoms. The molecule has 0 aliphatic rings. The number of benzene rings is 3. The molecule has 0 aliphatic carbocycles. The van der Waals surface area contributed by atoms with E-state index in [2.05, 4.69) is 6.07 Å². The van der Waals surface area contributed by atoms with E-state index >= 15 is 0 Å². The Kier molecular flexibility index (Phi) is 5.10. The van der Waals surface area contributed by atoms with Crippen LogP contribution >= 0.6 is 0 Å². The van der Waals surface area contributed by atoms with Gasteiger partial charge >= 0.3 is 0 Å². The number of nitro groups is 1. The highest BCUT2D eigenvalue weighted by molar-refractivity contribution is 5.98. The summed E-state index contributed by atoms with van der Waals surface area (Å²) >= 11 is 0. The minimum absolute atomic E-state index is 0.0495. The van der Waals surface area contributed by atoms with E-state index in [4.69, 9.17) is 0 Å². The Hall–Kier alpha value is -4.24. The van der Waals surface area contributed by atoms with Crippen LogP contribution in [0.5, 0.6) is 0 Å². The third-order valence-corrected chi connectivity index (χ3v) is 4.88. The quantitative estimate of drug-likeness (QED) is 0.243. The van der Waals surface area contributed by atoms with Gasteiger partial charge in [-0.2, -0.15) is 5.26 Å². The van der Waals surface area contributed by atoms with Crippen molar-refractivity contribution in [2.24, 2.45) is 0 Å². The second kappa shape index (κ2) is 8.02. The molecule has 0 saturated heterocycles. The molecule has 0 spiro atoms. The van der Waals surface area contributed by atoms with Gasteiger partial charge in [0.1, 0.15) is 5.82 Å². The van der Waals surface area contributed by atoms with Crippen LogP contribution in [0.15, 0.2) is 79.0 Å². The van der Waals surface area contributed by atoms with Gasteiger partial charge in [0.05, 0.1) is 16.6 Å². The lowest BCUT2D eigenvalue weighted by Gasteiger charge is -2.05. The molecule has 4 rings (SSSR count). The first-order chi connectivity index (χ1) is 14.5. The molecule has 1 heterocycles. The van der Waals surface area contributed by atoms with Crippen molar-refractivity contribution in [3.63, 3.8) is 0 Å². The molecule has 5 nitrogen and oxygen atoms in total. The number of nitro benzene ring substituents is 1. The van der Waals surface area contributed by atoms with Crippen molar-refractivity contribution >= 4 is 28.2 Å².